The zero-order valence-corrected chi connectivity index (χ0v) is 12.9. The normalized spacial score (nSPS) is 18.1. The first-order valence-electron chi connectivity index (χ1n) is 7.49. The van der Waals surface area contributed by atoms with Gasteiger partial charge < -0.3 is 4.98 Å². The van der Waals surface area contributed by atoms with Gasteiger partial charge in [-0.1, -0.05) is 13.0 Å². The smallest absolute Gasteiger partial charge is 0.240 e. The molecule has 3 aromatic rings. The third kappa shape index (κ3) is 2.40. The molecule has 116 valence electrons. The van der Waals surface area contributed by atoms with Gasteiger partial charge in [0.2, 0.25) is 11.9 Å². The number of aromatic nitrogens is 4. The second-order valence-corrected chi connectivity index (χ2v) is 5.83. The Morgan fingerprint density at radius 3 is 2.91 bits per heavy atom. The number of imidazole rings is 1. The summed E-state index contributed by atoms with van der Waals surface area (Å²) in [5.74, 6) is 0.726. The molecule has 0 fully saturated rings. The molecular weight excluding hydrogens is 292 g/mol. The van der Waals surface area contributed by atoms with E-state index in [-0.39, 0.29) is 11.8 Å². The quantitative estimate of drug-likeness (QED) is 0.758. The van der Waals surface area contributed by atoms with Crippen molar-refractivity contribution in [1.82, 2.24) is 25.2 Å². The van der Waals surface area contributed by atoms with Gasteiger partial charge in [0.1, 0.15) is 0 Å². The summed E-state index contributed by atoms with van der Waals surface area (Å²) in [4.78, 5) is 19.2. The van der Waals surface area contributed by atoms with Crippen LogP contribution in [0.2, 0.25) is 0 Å². The topological polar surface area (TPSA) is 88.0 Å². The number of rotatable bonds is 2. The first kappa shape index (κ1) is 13.7. The molecule has 0 saturated heterocycles. The second-order valence-electron chi connectivity index (χ2n) is 5.83. The molecule has 0 bridgehead atoms. The van der Waals surface area contributed by atoms with Crippen molar-refractivity contribution in [2.24, 2.45) is 11.0 Å². The van der Waals surface area contributed by atoms with Gasteiger partial charge in [-0.15, -0.1) is 0 Å². The molecule has 2 N–H and O–H groups in total. The maximum absolute atomic E-state index is 11.4. The summed E-state index contributed by atoms with van der Waals surface area (Å²) in [5, 5.41) is 8.56. The number of nitrogens with zero attached hydrogens (tertiary/aromatic N) is 4. The lowest BCUT2D eigenvalue weighted by Crippen LogP contribution is -2.31. The van der Waals surface area contributed by atoms with E-state index < -0.39 is 0 Å². The van der Waals surface area contributed by atoms with E-state index in [1.54, 1.807) is 4.68 Å². The van der Waals surface area contributed by atoms with Crippen LogP contribution in [0.3, 0.4) is 0 Å². The van der Waals surface area contributed by atoms with Gasteiger partial charge in [-0.2, -0.15) is 10.2 Å². The third-order valence-corrected chi connectivity index (χ3v) is 3.97. The van der Waals surface area contributed by atoms with Crippen molar-refractivity contribution in [3.05, 3.63) is 41.7 Å². The predicted octanol–water partition coefficient (Wildman–Crippen LogP) is 1.92. The van der Waals surface area contributed by atoms with Gasteiger partial charge in [0, 0.05) is 24.1 Å². The Hall–Kier alpha value is -2.96. The highest BCUT2D eigenvalue weighted by Crippen LogP contribution is 2.21. The van der Waals surface area contributed by atoms with Gasteiger partial charge in [-0.3, -0.25) is 4.79 Å². The van der Waals surface area contributed by atoms with Crippen molar-refractivity contribution in [3.8, 4) is 5.95 Å². The number of carbonyl (C=O) groups excluding carboxylic acids is 1. The molecule has 7 heteroatoms. The highest BCUT2D eigenvalue weighted by Gasteiger charge is 2.22. The lowest BCUT2D eigenvalue weighted by Gasteiger charge is -2.18. The number of fused-ring (bicyclic) bond motifs is 1. The Balaban J connectivity index is 1.75. The van der Waals surface area contributed by atoms with E-state index in [1.165, 1.54) is 0 Å². The highest BCUT2D eigenvalue weighted by molar-refractivity contribution is 6.07. The maximum atomic E-state index is 11.4. The third-order valence-electron chi connectivity index (χ3n) is 3.97. The lowest BCUT2D eigenvalue weighted by atomic mass is 9.94. The van der Waals surface area contributed by atoms with E-state index in [0.717, 1.165) is 28.0 Å². The van der Waals surface area contributed by atoms with Crippen LogP contribution in [0.4, 0.5) is 0 Å². The minimum absolute atomic E-state index is 0.0431. The molecule has 0 saturated carbocycles. The van der Waals surface area contributed by atoms with E-state index in [0.29, 0.717) is 12.4 Å². The Bertz CT molecular complexity index is 935. The number of amides is 1. The van der Waals surface area contributed by atoms with Crippen LogP contribution in [-0.2, 0) is 4.79 Å². The van der Waals surface area contributed by atoms with Gasteiger partial charge in [-0.25, -0.2) is 15.1 Å². The molecule has 1 atom stereocenters. The molecule has 0 radical (unpaired) electrons. The van der Waals surface area contributed by atoms with Gasteiger partial charge in [0.15, 0.2) is 0 Å². The van der Waals surface area contributed by atoms with E-state index in [1.807, 2.05) is 44.3 Å². The van der Waals surface area contributed by atoms with Crippen molar-refractivity contribution >= 4 is 22.7 Å². The molecule has 1 amide bonds. The van der Waals surface area contributed by atoms with Crippen molar-refractivity contribution in [2.75, 3.05) is 0 Å². The Morgan fingerprint density at radius 2 is 2.17 bits per heavy atom. The highest BCUT2D eigenvalue weighted by atomic mass is 16.2. The number of carbonyl (C=O) groups is 1. The van der Waals surface area contributed by atoms with Gasteiger partial charge in [-0.05, 0) is 25.1 Å². The molecule has 2 aromatic heterocycles. The summed E-state index contributed by atoms with van der Waals surface area (Å²) >= 11 is 0. The molecule has 0 aliphatic carbocycles. The van der Waals surface area contributed by atoms with Crippen LogP contribution in [-0.4, -0.2) is 31.4 Å². The molecule has 23 heavy (non-hydrogen) atoms. The van der Waals surface area contributed by atoms with Gasteiger partial charge >= 0.3 is 0 Å². The van der Waals surface area contributed by atoms with Crippen molar-refractivity contribution in [3.63, 3.8) is 0 Å². The minimum Gasteiger partial charge on any atom is -0.322 e. The fourth-order valence-corrected chi connectivity index (χ4v) is 2.80. The molecule has 1 unspecified atom stereocenters. The zero-order valence-electron chi connectivity index (χ0n) is 12.9. The second kappa shape index (κ2) is 5.05. The number of aromatic amines is 1. The number of nitrogens with one attached hydrogen (secondary N) is 2. The number of H-pyrrole nitrogens is 1. The minimum atomic E-state index is -0.0431. The van der Waals surface area contributed by atoms with Crippen molar-refractivity contribution in [2.45, 2.75) is 20.3 Å². The largest absolute Gasteiger partial charge is 0.322 e. The molecule has 1 aliphatic heterocycles. The monoisotopic (exact) mass is 308 g/mol. The number of hydrogen-bond acceptors (Lipinski definition) is 4. The van der Waals surface area contributed by atoms with E-state index >= 15 is 0 Å². The van der Waals surface area contributed by atoms with Gasteiger partial charge in [0.25, 0.3) is 0 Å². The van der Waals surface area contributed by atoms with E-state index in [9.17, 15) is 4.79 Å². The molecule has 0 spiro atoms. The summed E-state index contributed by atoms with van der Waals surface area (Å²) in [6, 6.07) is 7.88. The Morgan fingerprint density at radius 1 is 1.30 bits per heavy atom. The van der Waals surface area contributed by atoms with Crippen LogP contribution in [0.1, 0.15) is 24.6 Å². The summed E-state index contributed by atoms with van der Waals surface area (Å²) in [6.45, 7) is 3.94. The number of benzene rings is 1. The lowest BCUT2D eigenvalue weighted by molar-refractivity contribution is -0.121. The van der Waals surface area contributed by atoms with E-state index in [4.69, 9.17) is 0 Å². The van der Waals surface area contributed by atoms with Crippen LogP contribution in [0, 0.1) is 12.8 Å². The molecule has 4 rings (SSSR count). The average molecular weight is 308 g/mol. The first-order chi connectivity index (χ1) is 11.1. The summed E-state index contributed by atoms with van der Waals surface area (Å²) in [7, 11) is 0. The number of hydrazone groups is 1. The first-order valence-corrected chi connectivity index (χ1v) is 7.49. The fraction of sp³-hybridized carbons (Fsp3) is 0.250. The summed E-state index contributed by atoms with van der Waals surface area (Å²) in [6.07, 6.45) is 2.33. The van der Waals surface area contributed by atoms with E-state index in [2.05, 4.69) is 25.6 Å². The molecular formula is C16H16N6O. The standard InChI is InChI=1S/C16H16N6O/c1-9-7-14(23)19-20-15(9)11-3-4-12-13(8-11)18-16(17-12)22-6-5-10(2)21-22/h3-6,8-9H,7H2,1-2H3,(H,17,18)(H,19,23). The zero-order chi connectivity index (χ0) is 16.0. The van der Waals surface area contributed by atoms with Crippen molar-refractivity contribution < 1.29 is 4.79 Å². The molecule has 3 heterocycles. The SMILES string of the molecule is Cc1ccn(-c2nc3cc(C4=NNC(=O)CC4C)ccc3[nH]2)n1. The number of aryl methyl sites for hydroxylation is 1. The molecule has 7 nitrogen and oxygen atoms in total. The molecule has 1 aromatic carbocycles. The summed E-state index contributed by atoms with van der Waals surface area (Å²) in [5.41, 5.74) is 7.12. The average Bonchev–Trinajstić information content (AvgIpc) is 3.12. The van der Waals surface area contributed by atoms with Crippen molar-refractivity contribution in [1.29, 1.82) is 0 Å². The fourth-order valence-electron chi connectivity index (χ4n) is 2.80. The summed E-state index contributed by atoms with van der Waals surface area (Å²) < 4.78 is 1.72. The Kier molecular flexibility index (Phi) is 3.00. The van der Waals surface area contributed by atoms with Gasteiger partial charge in [0.05, 0.1) is 22.4 Å². The maximum Gasteiger partial charge on any atom is 0.240 e. The predicted molar refractivity (Wildman–Crippen MR) is 86.4 cm³/mol. The number of hydrogen-bond donors (Lipinski definition) is 2. The molecule has 1 aliphatic rings. The van der Waals surface area contributed by atoms with Crippen LogP contribution in [0.15, 0.2) is 35.6 Å². The Labute approximate surface area is 132 Å². The van der Waals surface area contributed by atoms with Crippen LogP contribution in [0.25, 0.3) is 17.0 Å². The van der Waals surface area contributed by atoms with Crippen LogP contribution >= 0.6 is 0 Å². The van der Waals surface area contributed by atoms with Crippen LogP contribution in [0.5, 0.6) is 0 Å². The van der Waals surface area contributed by atoms with Crippen LogP contribution < -0.4 is 5.43 Å².